The van der Waals surface area contributed by atoms with Crippen LogP contribution in [0.15, 0.2) is 23.8 Å². The Labute approximate surface area is 368 Å². The first-order chi connectivity index (χ1) is 28.9. The van der Waals surface area contributed by atoms with Gasteiger partial charge in [-0.1, -0.05) is 140 Å². The molecule has 2 N–H and O–H groups in total. The molecule has 2 aliphatic carbocycles. The number of unbranched alkanes of at least 4 members (excludes halogenated alkanes) is 11. The number of nitrogens with one attached hydrogen (secondary N) is 2. The number of allylic oxidation sites excluding steroid dienone is 3. The summed E-state index contributed by atoms with van der Waals surface area (Å²) in [7, 11) is 7.72. The van der Waals surface area contributed by atoms with Crippen molar-refractivity contribution in [1.29, 1.82) is 0 Å². The van der Waals surface area contributed by atoms with Crippen LogP contribution in [0.25, 0.3) is 0 Å². The van der Waals surface area contributed by atoms with Crippen molar-refractivity contribution in [2.75, 3.05) is 80.7 Å². The molecule has 10 nitrogen and oxygen atoms in total. The fourth-order valence-corrected chi connectivity index (χ4v) is 9.80. The van der Waals surface area contributed by atoms with E-state index in [4.69, 9.17) is 9.68 Å². The van der Waals surface area contributed by atoms with E-state index in [9.17, 15) is 19.8 Å². The average Bonchev–Trinajstić information content (AvgIpc) is 3.17. The first-order valence-electron chi connectivity index (χ1n) is 25.0. The number of rotatable bonds is 36. The minimum absolute atomic E-state index is 0.0295. The van der Waals surface area contributed by atoms with E-state index in [1.165, 1.54) is 141 Å². The third-order valence-electron chi connectivity index (χ3n) is 13.3. The summed E-state index contributed by atoms with van der Waals surface area (Å²) >= 11 is 0. The van der Waals surface area contributed by atoms with Gasteiger partial charge in [-0.15, -0.1) is 0 Å². The van der Waals surface area contributed by atoms with Crippen LogP contribution in [-0.4, -0.2) is 102 Å². The molecule has 2 aliphatic rings. The molecule has 0 spiro atoms. The van der Waals surface area contributed by atoms with Crippen molar-refractivity contribution in [1.82, 2.24) is 11.0 Å². The molecule has 350 valence electrons. The summed E-state index contributed by atoms with van der Waals surface area (Å²) in [5, 5.41) is 22.1. The molecule has 0 amide bonds. The first kappa shape index (κ1) is 54.3. The lowest BCUT2D eigenvalue weighted by Gasteiger charge is -2.40. The van der Waals surface area contributed by atoms with E-state index in [1.54, 1.807) is 5.57 Å². The highest BCUT2D eigenvalue weighted by atomic mass is 16.6. The Morgan fingerprint density at radius 2 is 1.17 bits per heavy atom. The molecule has 0 bridgehead atoms. The Balaban J connectivity index is 2.03. The number of likely N-dealkylation sites (N-methyl/N-ethyl adjacent to an activating group) is 2. The van der Waals surface area contributed by atoms with E-state index >= 15 is 0 Å². The molecule has 5 atom stereocenters. The molecule has 2 rings (SSSR count). The number of carbonyl (C=O) groups is 2. The molecule has 0 aromatic rings. The number of quaternary nitrogens is 2. The summed E-state index contributed by atoms with van der Waals surface area (Å²) in [5.74, 6) is 1.06. The Morgan fingerprint density at radius 1 is 0.650 bits per heavy atom. The number of aliphatic carboxylic acids is 2. The molecule has 0 heterocycles. The van der Waals surface area contributed by atoms with Crippen molar-refractivity contribution in [2.24, 2.45) is 29.6 Å². The van der Waals surface area contributed by atoms with Crippen LogP contribution >= 0.6 is 0 Å². The van der Waals surface area contributed by atoms with Gasteiger partial charge in [0, 0.05) is 31.8 Å². The number of carboxylic acids is 2. The maximum atomic E-state index is 11.1. The van der Waals surface area contributed by atoms with Crippen molar-refractivity contribution < 1.29 is 38.4 Å². The highest BCUT2D eigenvalue weighted by Gasteiger charge is 2.35. The summed E-state index contributed by atoms with van der Waals surface area (Å²) in [4.78, 5) is 34.0. The molecule has 1 saturated carbocycles. The second-order valence-corrected chi connectivity index (χ2v) is 20.0. The van der Waals surface area contributed by atoms with Gasteiger partial charge < -0.3 is 38.4 Å². The summed E-state index contributed by atoms with van der Waals surface area (Å²) in [6.07, 6.45) is 39.4. The van der Waals surface area contributed by atoms with Crippen LogP contribution in [0.1, 0.15) is 174 Å². The molecule has 10 heteroatoms. The quantitative estimate of drug-likeness (QED) is 0.0281. The topological polar surface area (TPSA) is 123 Å². The summed E-state index contributed by atoms with van der Waals surface area (Å²) in [6, 6.07) is 0. The summed E-state index contributed by atoms with van der Waals surface area (Å²) in [5.41, 5.74) is 7.97. The van der Waals surface area contributed by atoms with Crippen LogP contribution in [0.2, 0.25) is 0 Å². The lowest BCUT2D eigenvalue weighted by molar-refractivity contribution is -0.884. The summed E-state index contributed by atoms with van der Waals surface area (Å²) in [6.45, 7) is 9.11. The molecule has 0 aromatic heterocycles. The highest BCUT2D eigenvalue weighted by Crippen LogP contribution is 2.44. The van der Waals surface area contributed by atoms with Gasteiger partial charge in [0.15, 0.2) is 0 Å². The number of carbonyl (C=O) groups excluding carboxylic acids is 2. The normalized spacial score (nSPS) is 22.2. The van der Waals surface area contributed by atoms with Gasteiger partial charge in [0.25, 0.3) is 0 Å². The van der Waals surface area contributed by atoms with Gasteiger partial charge in [0.05, 0.1) is 66.4 Å². The lowest BCUT2D eigenvalue weighted by Crippen LogP contribution is -2.49. The first-order valence-corrected chi connectivity index (χ1v) is 25.0. The predicted molar refractivity (Wildman–Crippen MR) is 243 cm³/mol. The van der Waals surface area contributed by atoms with Gasteiger partial charge in [0.2, 0.25) is 0 Å². The van der Waals surface area contributed by atoms with Crippen LogP contribution in [-0.2, 0) is 19.3 Å². The van der Waals surface area contributed by atoms with Crippen LogP contribution in [0.5, 0.6) is 0 Å². The van der Waals surface area contributed by atoms with E-state index in [2.05, 4.69) is 43.0 Å². The predicted octanol–water partition coefficient (Wildman–Crippen LogP) is 8.06. The monoisotopic (exact) mass is 847 g/mol. The number of nitrogens with zero attached hydrogens (tertiary/aromatic N) is 2. The second kappa shape index (κ2) is 32.8. The Kier molecular flexibility index (Phi) is 29.7. The van der Waals surface area contributed by atoms with Crippen LogP contribution in [0.3, 0.4) is 0 Å². The summed E-state index contributed by atoms with van der Waals surface area (Å²) < 4.78 is 0.841. The van der Waals surface area contributed by atoms with Crippen molar-refractivity contribution in [3.63, 3.8) is 0 Å². The molecule has 0 saturated heterocycles. The van der Waals surface area contributed by atoms with Gasteiger partial charge >= 0.3 is 0 Å². The fourth-order valence-electron chi connectivity index (χ4n) is 9.80. The van der Waals surface area contributed by atoms with E-state index in [0.717, 1.165) is 51.4 Å². The van der Waals surface area contributed by atoms with Crippen LogP contribution in [0, 0.1) is 29.6 Å². The molecule has 0 radical (unpaired) electrons. The zero-order valence-corrected chi connectivity index (χ0v) is 39.8. The zero-order valence-electron chi connectivity index (χ0n) is 39.8. The van der Waals surface area contributed by atoms with Gasteiger partial charge in [-0.3, -0.25) is 0 Å². The van der Waals surface area contributed by atoms with Crippen molar-refractivity contribution in [2.45, 2.75) is 174 Å². The molecular formula is C50H94N4O6. The molecule has 5 unspecified atom stereocenters. The van der Waals surface area contributed by atoms with Crippen molar-refractivity contribution >= 4 is 11.9 Å². The number of hydrogen-bond acceptors (Lipinski definition) is 8. The third kappa shape index (κ3) is 26.0. The zero-order chi connectivity index (χ0) is 43.9. The smallest absolute Gasteiger partial charge is 0.119 e. The number of hydroxylamine groups is 2. The Hall–Kier alpha value is -1.82. The van der Waals surface area contributed by atoms with Gasteiger partial charge in [0.1, 0.15) is 13.1 Å². The fraction of sp³-hybridized carbons (Fsp3) is 0.880. The minimum Gasteiger partial charge on any atom is -0.544 e. The number of hydrogen-bond donors (Lipinski definition) is 2. The molecule has 1 fully saturated rings. The van der Waals surface area contributed by atoms with Gasteiger partial charge in [-0.05, 0) is 68.6 Å². The molecular weight excluding hydrogens is 753 g/mol. The maximum Gasteiger partial charge on any atom is 0.119 e. The van der Waals surface area contributed by atoms with Gasteiger partial charge in [-0.25, -0.2) is 11.0 Å². The van der Waals surface area contributed by atoms with Crippen molar-refractivity contribution in [3.8, 4) is 0 Å². The Bertz CT molecular complexity index is 1180. The maximum absolute atomic E-state index is 11.1. The lowest BCUT2D eigenvalue weighted by atomic mass is 9.65. The molecule has 0 aliphatic heterocycles. The average molecular weight is 847 g/mol. The standard InChI is InChI=1S/C50H94N4O6/c1-7-9-11-19-27-43-32-33-44(28-20-15-13-14-18-24-38-59-51-34-25-36-53(3,4)40-49(55)56)48(47(43)31-23-12-10-8-2)39-45-29-21-16-17-22-30-46(45)42-60-52-35-26-37-54(5,6)41-50(57)58/h32-33,39,43-44,46-48,51-52H,7-31,34-38,40-42H2,1-6H3/b45-39-. The molecule has 60 heavy (non-hydrogen) atoms. The van der Waals surface area contributed by atoms with Gasteiger partial charge in [-0.2, -0.15) is 0 Å². The third-order valence-corrected chi connectivity index (χ3v) is 13.3. The highest BCUT2D eigenvalue weighted by molar-refractivity contribution is 5.65. The van der Waals surface area contributed by atoms with Crippen LogP contribution < -0.4 is 21.2 Å². The van der Waals surface area contributed by atoms with E-state index < -0.39 is 11.9 Å². The Morgan fingerprint density at radius 3 is 1.78 bits per heavy atom. The van der Waals surface area contributed by atoms with E-state index in [0.29, 0.717) is 45.9 Å². The molecule has 0 aromatic carbocycles. The minimum atomic E-state index is -1.01. The van der Waals surface area contributed by atoms with E-state index in [1.807, 2.05) is 28.2 Å². The number of carboxylic acid groups (broad SMARTS) is 2. The van der Waals surface area contributed by atoms with Crippen LogP contribution in [0.4, 0.5) is 0 Å². The SMILES string of the molecule is CCCCCCC1C=CC(CCCCCCCCONCCC[N+](C)(C)CC(=O)[O-])C(/C=C2/CCCCCCC2CONCCC[N+](C)(C)CC(=O)[O-])C1CCCCCC. The van der Waals surface area contributed by atoms with Crippen molar-refractivity contribution in [3.05, 3.63) is 23.8 Å². The van der Waals surface area contributed by atoms with E-state index in [-0.39, 0.29) is 13.1 Å². The largest absolute Gasteiger partial charge is 0.544 e. The second-order valence-electron chi connectivity index (χ2n) is 20.0.